The molecule has 0 atom stereocenters. The normalized spacial score (nSPS) is 10.2. The second kappa shape index (κ2) is 9.30. The van der Waals surface area contributed by atoms with E-state index in [2.05, 4.69) is 5.32 Å². The summed E-state index contributed by atoms with van der Waals surface area (Å²) in [4.78, 5) is 23.4. The van der Waals surface area contributed by atoms with E-state index in [0.29, 0.717) is 15.8 Å². The average Bonchev–Trinajstić information content (AvgIpc) is 2.60. The Morgan fingerprint density at radius 3 is 2.56 bits per heavy atom. The number of rotatable bonds is 7. The van der Waals surface area contributed by atoms with Crippen LogP contribution in [0.15, 0.2) is 42.5 Å². The Kier molecular flexibility index (Phi) is 7.10. The van der Waals surface area contributed by atoms with Gasteiger partial charge in [0.05, 0.1) is 5.02 Å². The van der Waals surface area contributed by atoms with Crippen molar-refractivity contribution in [1.82, 2.24) is 5.32 Å². The molecule has 0 aliphatic rings. The number of nitrogens with one attached hydrogen (secondary N) is 1. The van der Waals surface area contributed by atoms with Crippen molar-refractivity contribution in [2.75, 3.05) is 13.2 Å². The average molecular weight is 382 g/mol. The molecule has 1 N–H and O–H groups in total. The van der Waals surface area contributed by atoms with Gasteiger partial charge < -0.3 is 14.8 Å². The fraction of sp³-hybridized carbons (Fsp3) is 0.222. The number of esters is 1. The van der Waals surface area contributed by atoms with E-state index in [0.717, 1.165) is 11.1 Å². The summed E-state index contributed by atoms with van der Waals surface area (Å²) in [5, 5.41) is 3.58. The first kappa shape index (κ1) is 19.1. The number of ether oxygens (including phenoxy) is 2. The minimum atomic E-state index is -0.662. The van der Waals surface area contributed by atoms with Crippen LogP contribution in [-0.4, -0.2) is 25.1 Å². The molecule has 2 aromatic rings. The Hall–Kier alpha value is -2.24. The van der Waals surface area contributed by atoms with E-state index < -0.39 is 18.5 Å². The van der Waals surface area contributed by atoms with E-state index in [1.165, 1.54) is 0 Å². The van der Waals surface area contributed by atoms with Gasteiger partial charge in [-0.15, -0.1) is 0 Å². The Morgan fingerprint density at radius 2 is 1.80 bits per heavy atom. The van der Waals surface area contributed by atoms with Gasteiger partial charge >= 0.3 is 5.97 Å². The Balaban J connectivity index is 1.71. The van der Waals surface area contributed by atoms with Gasteiger partial charge in [0.2, 0.25) is 0 Å². The molecule has 0 aliphatic heterocycles. The van der Waals surface area contributed by atoms with Crippen LogP contribution in [0.3, 0.4) is 0 Å². The second-order valence-electron chi connectivity index (χ2n) is 5.25. The van der Waals surface area contributed by atoms with Gasteiger partial charge in [-0.2, -0.15) is 0 Å². The first-order valence-corrected chi connectivity index (χ1v) is 8.26. The molecule has 2 aromatic carbocycles. The van der Waals surface area contributed by atoms with Crippen molar-refractivity contribution >= 4 is 35.1 Å². The number of hydrogen-bond donors (Lipinski definition) is 1. The van der Waals surface area contributed by atoms with Crippen molar-refractivity contribution in [3.63, 3.8) is 0 Å². The van der Waals surface area contributed by atoms with Crippen LogP contribution in [0.5, 0.6) is 5.75 Å². The van der Waals surface area contributed by atoms with Gasteiger partial charge in [-0.05, 0) is 36.2 Å². The van der Waals surface area contributed by atoms with Gasteiger partial charge in [0.25, 0.3) is 5.91 Å². The summed E-state index contributed by atoms with van der Waals surface area (Å²) in [6.07, 6.45) is 0. The standard InChI is InChI=1S/C18H17Cl2NO4/c1-12-6-7-15(20)16(8-12)24-11-18(23)25-10-17(22)21-9-13-4-2-3-5-14(13)19/h2-8H,9-11H2,1H3,(H,21,22). The molecule has 1 amide bonds. The second-order valence-corrected chi connectivity index (χ2v) is 6.07. The molecule has 7 heteroatoms. The molecule has 5 nitrogen and oxygen atoms in total. The number of carbonyl (C=O) groups is 2. The monoisotopic (exact) mass is 381 g/mol. The van der Waals surface area contributed by atoms with Crippen molar-refractivity contribution in [2.45, 2.75) is 13.5 Å². The van der Waals surface area contributed by atoms with Crippen molar-refractivity contribution in [3.05, 3.63) is 63.6 Å². The molecule has 25 heavy (non-hydrogen) atoms. The fourth-order valence-corrected chi connectivity index (χ4v) is 2.31. The maximum Gasteiger partial charge on any atom is 0.344 e. The Labute approximate surface area is 155 Å². The van der Waals surface area contributed by atoms with Gasteiger partial charge in [-0.3, -0.25) is 4.79 Å². The summed E-state index contributed by atoms with van der Waals surface area (Å²) in [6, 6.07) is 12.4. The van der Waals surface area contributed by atoms with Crippen LogP contribution < -0.4 is 10.1 Å². The fourth-order valence-electron chi connectivity index (χ4n) is 1.93. The molecule has 132 valence electrons. The highest BCUT2D eigenvalue weighted by atomic mass is 35.5. The van der Waals surface area contributed by atoms with Crippen molar-refractivity contribution in [3.8, 4) is 5.75 Å². The van der Waals surface area contributed by atoms with E-state index in [1.807, 2.05) is 19.1 Å². The van der Waals surface area contributed by atoms with Gasteiger partial charge in [0.1, 0.15) is 5.75 Å². The van der Waals surface area contributed by atoms with Gasteiger partial charge in [0, 0.05) is 11.6 Å². The molecule has 0 aliphatic carbocycles. The SMILES string of the molecule is Cc1ccc(Cl)c(OCC(=O)OCC(=O)NCc2ccccc2Cl)c1. The zero-order valence-corrected chi connectivity index (χ0v) is 15.1. The zero-order valence-electron chi connectivity index (χ0n) is 13.6. The minimum absolute atomic E-state index is 0.255. The summed E-state index contributed by atoms with van der Waals surface area (Å²) in [5.41, 5.74) is 1.73. The number of aryl methyl sites for hydroxylation is 1. The lowest BCUT2D eigenvalue weighted by Gasteiger charge is -2.10. The molecule has 0 radical (unpaired) electrons. The molecule has 0 unspecified atom stereocenters. The van der Waals surface area contributed by atoms with E-state index in [-0.39, 0.29) is 13.2 Å². The van der Waals surface area contributed by atoms with Crippen LogP contribution in [0.25, 0.3) is 0 Å². The maximum absolute atomic E-state index is 11.7. The van der Waals surface area contributed by atoms with Crippen LogP contribution in [0.1, 0.15) is 11.1 Å². The molecular weight excluding hydrogens is 365 g/mol. The summed E-state index contributed by atoms with van der Waals surface area (Å²) in [5.74, 6) is -0.700. The molecule has 0 aromatic heterocycles. The highest BCUT2D eigenvalue weighted by Gasteiger charge is 2.10. The predicted octanol–water partition coefficient (Wildman–Crippen LogP) is 3.54. The topological polar surface area (TPSA) is 64.6 Å². The first-order valence-electron chi connectivity index (χ1n) is 7.50. The highest BCUT2D eigenvalue weighted by molar-refractivity contribution is 6.32. The highest BCUT2D eigenvalue weighted by Crippen LogP contribution is 2.25. The predicted molar refractivity (Wildman–Crippen MR) is 95.9 cm³/mol. The Bertz CT molecular complexity index is 764. The summed E-state index contributed by atoms with van der Waals surface area (Å²) in [7, 11) is 0. The van der Waals surface area contributed by atoms with Crippen LogP contribution in [-0.2, 0) is 20.9 Å². The quantitative estimate of drug-likeness (QED) is 0.744. The number of carbonyl (C=O) groups excluding carboxylic acids is 2. The molecule has 0 saturated carbocycles. The van der Waals surface area contributed by atoms with Crippen molar-refractivity contribution in [2.24, 2.45) is 0 Å². The molecule has 0 heterocycles. The van der Waals surface area contributed by atoms with E-state index >= 15 is 0 Å². The molecular formula is C18H17Cl2NO4. The number of benzene rings is 2. The number of halogens is 2. The lowest BCUT2D eigenvalue weighted by atomic mass is 10.2. The third-order valence-corrected chi connectivity index (χ3v) is 3.91. The summed E-state index contributed by atoms with van der Waals surface area (Å²) in [6.45, 7) is 1.41. The van der Waals surface area contributed by atoms with Gasteiger partial charge in [0.15, 0.2) is 13.2 Å². The molecule has 0 spiro atoms. The largest absolute Gasteiger partial charge is 0.480 e. The van der Waals surface area contributed by atoms with Crippen LogP contribution in [0, 0.1) is 6.92 Å². The minimum Gasteiger partial charge on any atom is -0.480 e. The molecule has 2 rings (SSSR count). The van der Waals surface area contributed by atoms with Crippen LogP contribution in [0.4, 0.5) is 0 Å². The zero-order chi connectivity index (χ0) is 18.2. The first-order chi connectivity index (χ1) is 12.0. The molecule has 0 bridgehead atoms. The van der Waals surface area contributed by atoms with Crippen molar-refractivity contribution < 1.29 is 19.1 Å². The van der Waals surface area contributed by atoms with Gasteiger partial charge in [-0.25, -0.2) is 4.79 Å². The summed E-state index contributed by atoms with van der Waals surface area (Å²) < 4.78 is 10.2. The smallest absolute Gasteiger partial charge is 0.344 e. The third-order valence-electron chi connectivity index (χ3n) is 3.23. The van der Waals surface area contributed by atoms with E-state index in [4.69, 9.17) is 32.7 Å². The van der Waals surface area contributed by atoms with Crippen LogP contribution in [0.2, 0.25) is 10.0 Å². The van der Waals surface area contributed by atoms with Gasteiger partial charge in [-0.1, -0.05) is 47.5 Å². The van der Waals surface area contributed by atoms with E-state index in [1.54, 1.807) is 30.3 Å². The third kappa shape index (κ3) is 6.29. The lowest BCUT2D eigenvalue weighted by Crippen LogP contribution is -2.29. The van der Waals surface area contributed by atoms with E-state index in [9.17, 15) is 9.59 Å². The van der Waals surface area contributed by atoms with Crippen molar-refractivity contribution in [1.29, 1.82) is 0 Å². The lowest BCUT2D eigenvalue weighted by molar-refractivity contribution is -0.150. The number of hydrogen-bond acceptors (Lipinski definition) is 4. The molecule has 0 fully saturated rings. The van der Waals surface area contributed by atoms with Crippen LogP contribution >= 0.6 is 23.2 Å². The molecule has 0 saturated heterocycles. The summed E-state index contributed by atoms with van der Waals surface area (Å²) >= 11 is 12.0. The Morgan fingerprint density at radius 1 is 1.04 bits per heavy atom. The maximum atomic E-state index is 11.7. The number of amides is 1.